The molecule has 30 heavy (non-hydrogen) atoms. The van der Waals surface area contributed by atoms with Crippen molar-refractivity contribution >= 4 is 85.7 Å². The van der Waals surface area contributed by atoms with Crippen molar-refractivity contribution in [3.63, 3.8) is 0 Å². The molecule has 7 rings (SSSR count). The summed E-state index contributed by atoms with van der Waals surface area (Å²) in [5.74, 6) is 0. The second kappa shape index (κ2) is 6.99. The Labute approximate surface area is 197 Å². The summed E-state index contributed by atoms with van der Waals surface area (Å²) in [6.07, 6.45) is 0. The third kappa shape index (κ3) is 2.72. The van der Waals surface area contributed by atoms with Crippen LogP contribution in [0.15, 0.2) is 82.6 Å². The summed E-state index contributed by atoms with van der Waals surface area (Å²) in [5.41, 5.74) is 2.64. The van der Waals surface area contributed by atoms with E-state index in [0.29, 0.717) is 0 Å². The summed E-state index contributed by atoms with van der Waals surface area (Å²) >= 11 is 7.81. The van der Waals surface area contributed by atoms with Gasteiger partial charge in [-0.25, -0.2) is 0 Å². The van der Waals surface area contributed by atoms with E-state index in [1.807, 2.05) is 66.9 Å². The summed E-state index contributed by atoms with van der Waals surface area (Å²) in [7, 11) is 3.90. The molecule has 0 N–H and O–H groups in total. The lowest BCUT2D eigenvalue weighted by Gasteiger charge is -2.10. The van der Waals surface area contributed by atoms with Gasteiger partial charge in [-0.1, -0.05) is 60.7 Å². The van der Waals surface area contributed by atoms with Gasteiger partial charge >= 0.3 is 0 Å². The van der Waals surface area contributed by atoms with Crippen molar-refractivity contribution in [2.75, 3.05) is 0 Å². The van der Waals surface area contributed by atoms with Crippen LogP contribution < -0.4 is 0 Å². The minimum atomic E-state index is 1.32. The third-order valence-corrected chi connectivity index (χ3v) is 13.3. The molecule has 144 valence electrons. The first-order valence-corrected chi connectivity index (χ1v) is 14.8. The molecule has 0 aliphatic carbocycles. The van der Waals surface area contributed by atoms with Gasteiger partial charge in [0.2, 0.25) is 0 Å². The SMILES string of the molecule is c1ccc(-c2cc3sc4c(c3s2)SSc2c-4sc3cc(-c4ccccc4)sc23)cc1. The normalized spacial score (nSPS) is 13.1. The lowest BCUT2D eigenvalue weighted by molar-refractivity contribution is 1.62. The second-order valence-electron chi connectivity index (χ2n) is 7.03. The fourth-order valence-electron chi connectivity index (χ4n) is 3.76. The zero-order chi connectivity index (χ0) is 19.7. The minimum absolute atomic E-state index is 1.32. The van der Waals surface area contributed by atoms with Crippen molar-refractivity contribution < 1.29 is 0 Å². The first-order valence-electron chi connectivity index (χ1n) is 9.43. The van der Waals surface area contributed by atoms with Crippen LogP contribution in [-0.4, -0.2) is 0 Å². The molecule has 0 fully saturated rings. The Morgan fingerprint density at radius 3 is 1.33 bits per heavy atom. The average molecular weight is 493 g/mol. The van der Waals surface area contributed by atoms with Crippen molar-refractivity contribution in [1.82, 2.24) is 0 Å². The van der Waals surface area contributed by atoms with Crippen molar-refractivity contribution in [3.8, 4) is 30.6 Å². The molecule has 4 aromatic heterocycles. The number of hydrogen-bond donors (Lipinski definition) is 0. The highest BCUT2D eigenvalue weighted by Gasteiger charge is 2.29. The molecular weight excluding hydrogens is 481 g/mol. The Morgan fingerprint density at radius 2 is 0.900 bits per heavy atom. The number of thiophene rings is 4. The van der Waals surface area contributed by atoms with E-state index in [2.05, 4.69) is 72.8 Å². The van der Waals surface area contributed by atoms with Crippen LogP contribution in [-0.2, 0) is 0 Å². The largest absolute Gasteiger partial charge is 0.133 e. The molecule has 6 aromatic rings. The summed E-state index contributed by atoms with van der Waals surface area (Å²) in [6.45, 7) is 0. The lowest BCUT2D eigenvalue weighted by Crippen LogP contribution is -1.78. The summed E-state index contributed by atoms with van der Waals surface area (Å²) in [5, 5.41) is 0. The summed E-state index contributed by atoms with van der Waals surface area (Å²) in [6, 6.07) is 26.3. The molecule has 0 radical (unpaired) electrons. The van der Waals surface area contributed by atoms with Gasteiger partial charge in [0.15, 0.2) is 0 Å². The molecule has 1 aliphatic rings. The molecule has 0 amide bonds. The van der Waals surface area contributed by atoms with E-state index in [4.69, 9.17) is 0 Å². The molecular formula is C24H12S6. The van der Waals surface area contributed by atoms with Gasteiger partial charge < -0.3 is 0 Å². The van der Waals surface area contributed by atoms with Crippen LogP contribution in [0.2, 0.25) is 0 Å². The Bertz CT molecular complexity index is 1410. The van der Waals surface area contributed by atoms with Crippen molar-refractivity contribution in [3.05, 3.63) is 72.8 Å². The highest BCUT2D eigenvalue weighted by atomic mass is 33.1. The minimum Gasteiger partial charge on any atom is -0.133 e. The predicted octanol–water partition coefficient (Wildman–Crippen LogP) is 10.4. The first-order chi connectivity index (χ1) is 14.8. The molecule has 0 atom stereocenters. The Hall–Kier alpha value is -1.54. The maximum absolute atomic E-state index is 2.38. The van der Waals surface area contributed by atoms with Gasteiger partial charge in [-0.2, -0.15) is 0 Å². The van der Waals surface area contributed by atoms with E-state index in [1.165, 1.54) is 59.2 Å². The van der Waals surface area contributed by atoms with Crippen LogP contribution in [0.1, 0.15) is 0 Å². The van der Waals surface area contributed by atoms with Crippen LogP contribution in [0, 0.1) is 0 Å². The Morgan fingerprint density at radius 1 is 0.467 bits per heavy atom. The van der Waals surface area contributed by atoms with E-state index >= 15 is 0 Å². The monoisotopic (exact) mass is 492 g/mol. The highest BCUT2D eigenvalue weighted by Crippen LogP contribution is 2.63. The van der Waals surface area contributed by atoms with Gasteiger partial charge in [0.1, 0.15) is 0 Å². The fraction of sp³-hybridized carbons (Fsp3) is 0. The van der Waals surface area contributed by atoms with E-state index in [0.717, 1.165) is 0 Å². The van der Waals surface area contributed by atoms with Crippen LogP contribution in [0.25, 0.3) is 49.4 Å². The zero-order valence-corrected chi connectivity index (χ0v) is 20.3. The topological polar surface area (TPSA) is 0 Å². The average Bonchev–Trinajstić information content (AvgIpc) is 3.53. The molecule has 0 saturated carbocycles. The number of benzene rings is 2. The van der Waals surface area contributed by atoms with Crippen LogP contribution in [0.3, 0.4) is 0 Å². The predicted molar refractivity (Wildman–Crippen MR) is 141 cm³/mol. The maximum atomic E-state index is 2.38. The van der Waals surface area contributed by atoms with Gasteiger partial charge in [0.05, 0.1) is 28.9 Å². The molecule has 1 aliphatic heterocycles. The zero-order valence-electron chi connectivity index (χ0n) is 15.4. The van der Waals surface area contributed by atoms with E-state index in [-0.39, 0.29) is 0 Å². The molecule has 2 aromatic carbocycles. The lowest BCUT2D eigenvalue weighted by atomic mass is 10.2. The van der Waals surface area contributed by atoms with Gasteiger partial charge in [0.25, 0.3) is 0 Å². The van der Waals surface area contributed by atoms with E-state index < -0.39 is 0 Å². The number of hydrogen-bond acceptors (Lipinski definition) is 6. The molecule has 6 heteroatoms. The Kier molecular flexibility index (Phi) is 4.21. The van der Waals surface area contributed by atoms with Gasteiger partial charge in [-0.3, -0.25) is 0 Å². The summed E-state index contributed by atoms with van der Waals surface area (Å²) in [4.78, 5) is 8.63. The molecule has 0 bridgehead atoms. The quantitative estimate of drug-likeness (QED) is 0.220. The van der Waals surface area contributed by atoms with Crippen molar-refractivity contribution in [2.24, 2.45) is 0 Å². The number of fused-ring (bicyclic) bond motifs is 7. The van der Waals surface area contributed by atoms with E-state index in [1.54, 1.807) is 0 Å². The molecule has 0 unspecified atom stereocenters. The smallest absolute Gasteiger partial charge is 0.0621 e. The molecule has 0 saturated heterocycles. The standard InChI is InChI=1S/C24H12S6/c1-3-7-13(8-4-1)15-11-17-19(25-15)23-21(27-17)22-24(30-29-23)20-18(28-22)12-16(26-20)14-9-5-2-6-10-14/h1-12H. The van der Waals surface area contributed by atoms with Gasteiger partial charge in [0, 0.05) is 19.2 Å². The molecule has 0 spiro atoms. The molecule has 5 heterocycles. The maximum Gasteiger partial charge on any atom is 0.0621 e. The van der Waals surface area contributed by atoms with E-state index in [9.17, 15) is 0 Å². The van der Waals surface area contributed by atoms with Gasteiger partial charge in [-0.15, -0.1) is 45.3 Å². The first kappa shape index (κ1) is 18.1. The van der Waals surface area contributed by atoms with Crippen LogP contribution in [0.5, 0.6) is 0 Å². The second-order valence-corrected chi connectivity index (χ2v) is 13.4. The van der Waals surface area contributed by atoms with Crippen molar-refractivity contribution in [2.45, 2.75) is 9.79 Å². The van der Waals surface area contributed by atoms with Crippen LogP contribution >= 0.6 is 66.9 Å². The third-order valence-electron chi connectivity index (χ3n) is 5.18. The highest BCUT2D eigenvalue weighted by molar-refractivity contribution is 8.77. The van der Waals surface area contributed by atoms with Crippen LogP contribution in [0.4, 0.5) is 0 Å². The molecule has 0 nitrogen and oxygen atoms in total. The Balaban J connectivity index is 1.35. The van der Waals surface area contributed by atoms with Crippen molar-refractivity contribution in [1.29, 1.82) is 0 Å². The fourth-order valence-corrected chi connectivity index (χ4v) is 13.0. The number of rotatable bonds is 2. The van der Waals surface area contributed by atoms with Gasteiger partial charge in [-0.05, 0) is 44.8 Å². The summed E-state index contributed by atoms with van der Waals surface area (Å²) < 4.78 is 5.76.